The number of aromatic nitrogens is 5. The number of ether oxygens (including phenoxy) is 1. The SMILES string of the molecule is CCC(C)Oc1ncc(-c2ccc(=O)n(Cc3cncc(F)c3)n2)cn1. The van der Waals surface area contributed by atoms with Crippen LogP contribution in [0.3, 0.4) is 0 Å². The van der Waals surface area contributed by atoms with E-state index in [0.717, 1.165) is 12.6 Å². The molecule has 1 unspecified atom stereocenters. The van der Waals surface area contributed by atoms with Crippen molar-refractivity contribution in [2.24, 2.45) is 0 Å². The first kappa shape index (κ1) is 17.7. The van der Waals surface area contributed by atoms with Crippen LogP contribution in [0.15, 0.2) is 47.8 Å². The molecule has 0 aromatic carbocycles. The first-order valence-corrected chi connectivity index (χ1v) is 8.22. The van der Waals surface area contributed by atoms with Crippen molar-refractivity contribution in [3.8, 4) is 17.3 Å². The van der Waals surface area contributed by atoms with Gasteiger partial charge in [-0.05, 0) is 31.0 Å². The zero-order valence-corrected chi connectivity index (χ0v) is 14.5. The van der Waals surface area contributed by atoms with Crippen LogP contribution in [0.1, 0.15) is 25.8 Å². The van der Waals surface area contributed by atoms with Crippen LogP contribution in [0.25, 0.3) is 11.3 Å². The van der Waals surface area contributed by atoms with E-state index in [1.165, 1.54) is 23.0 Å². The summed E-state index contributed by atoms with van der Waals surface area (Å²) in [6.45, 7) is 4.07. The molecule has 7 nitrogen and oxygen atoms in total. The average molecular weight is 355 g/mol. The fourth-order valence-electron chi connectivity index (χ4n) is 2.20. The van der Waals surface area contributed by atoms with Crippen molar-refractivity contribution in [1.82, 2.24) is 24.7 Å². The van der Waals surface area contributed by atoms with Gasteiger partial charge in [0.15, 0.2) is 0 Å². The smallest absolute Gasteiger partial charge is 0.316 e. The van der Waals surface area contributed by atoms with Gasteiger partial charge in [0.25, 0.3) is 5.56 Å². The first-order valence-electron chi connectivity index (χ1n) is 8.22. The number of rotatable bonds is 6. The number of halogens is 1. The van der Waals surface area contributed by atoms with E-state index < -0.39 is 5.82 Å². The maximum Gasteiger partial charge on any atom is 0.316 e. The summed E-state index contributed by atoms with van der Waals surface area (Å²) in [6.07, 6.45) is 6.66. The summed E-state index contributed by atoms with van der Waals surface area (Å²) in [6, 6.07) is 4.61. The van der Waals surface area contributed by atoms with Crippen LogP contribution in [0.5, 0.6) is 6.01 Å². The van der Waals surface area contributed by atoms with Gasteiger partial charge in [-0.3, -0.25) is 9.78 Å². The fourth-order valence-corrected chi connectivity index (χ4v) is 2.20. The largest absolute Gasteiger partial charge is 0.460 e. The molecule has 26 heavy (non-hydrogen) atoms. The Labute approximate surface area is 149 Å². The third-order valence-electron chi connectivity index (χ3n) is 3.77. The Morgan fingerprint density at radius 2 is 1.96 bits per heavy atom. The van der Waals surface area contributed by atoms with E-state index in [1.807, 2.05) is 13.8 Å². The lowest BCUT2D eigenvalue weighted by molar-refractivity contribution is 0.199. The van der Waals surface area contributed by atoms with Crippen molar-refractivity contribution < 1.29 is 9.13 Å². The third-order valence-corrected chi connectivity index (χ3v) is 3.77. The van der Waals surface area contributed by atoms with Crippen molar-refractivity contribution >= 4 is 0 Å². The molecule has 8 heteroatoms. The molecular weight excluding hydrogens is 337 g/mol. The Hall–Kier alpha value is -3.16. The second kappa shape index (κ2) is 7.81. The highest BCUT2D eigenvalue weighted by atomic mass is 19.1. The minimum absolute atomic E-state index is 0.0285. The summed E-state index contributed by atoms with van der Waals surface area (Å²) in [5, 5.41) is 4.31. The molecule has 3 heterocycles. The van der Waals surface area contributed by atoms with Crippen LogP contribution in [0, 0.1) is 5.82 Å². The third kappa shape index (κ3) is 4.27. The lowest BCUT2D eigenvalue weighted by Gasteiger charge is -2.10. The molecule has 0 N–H and O–H groups in total. The summed E-state index contributed by atoms with van der Waals surface area (Å²) in [5.41, 5.74) is 1.43. The van der Waals surface area contributed by atoms with Crippen molar-refractivity contribution in [3.05, 3.63) is 64.7 Å². The molecular formula is C18H18FN5O2. The van der Waals surface area contributed by atoms with E-state index in [1.54, 1.807) is 18.5 Å². The van der Waals surface area contributed by atoms with Gasteiger partial charge in [-0.15, -0.1) is 0 Å². The van der Waals surface area contributed by atoms with Crippen molar-refractivity contribution in [3.63, 3.8) is 0 Å². The van der Waals surface area contributed by atoms with Crippen LogP contribution in [0.4, 0.5) is 4.39 Å². The van der Waals surface area contributed by atoms with Gasteiger partial charge in [-0.25, -0.2) is 19.0 Å². The van der Waals surface area contributed by atoms with Gasteiger partial charge >= 0.3 is 6.01 Å². The Kier molecular flexibility index (Phi) is 5.31. The Bertz CT molecular complexity index is 943. The standard InChI is InChI=1S/C18H18FN5O2/c1-3-12(2)26-18-21-8-14(9-22-18)16-4-5-17(25)24(23-16)11-13-6-15(19)10-20-7-13/h4-10,12H,3,11H2,1-2H3. The molecule has 0 fully saturated rings. The fraction of sp³-hybridized carbons (Fsp3) is 0.278. The molecule has 3 rings (SSSR count). The highest BCUT2D eigenvalue weighted by molar-refractivity contribution is 5.55. The summed E-state index contributed by atoms with van der Waals surface area (Å²) in [5.74, 6) is -0.461. The zero-order chi connectivity index (χ0) is 18.5. The summed E-state index contributed by atoms with van der Waals surface area (Å²) in [7, 11) is 0. The number of hydrogen-bond acceptors (Lipinski definition) is 6. The van der Waals surface area contributed by atoms with E-state index in [2.05, 4.69) is 20.1 Å². The Balaban J connectivity index is 1.84. The first-order chi connectivity index (χ1) is 12.5. The van der Waals surface area contributed by atoms with Crippen LogP contribution in [-0.2, 0) is 6.54 Å². The number of nitrogens with zero attached hydrogens (tertiary/aromatic N) is 5. The van der Waals surface area contributed by atoms with Gasteiger partial charge in [0.2, 0.25) is 0 Å². The molecule has 0 amide bonds. The molecule has 0 aliphatic carbocycles. The topological polar surface area (TPSA) is 82.8 Å². The predicted octanol–water partition coefficient (Wildman–Crippen LogP) is 2.46. The molecule has 0 saturated heterocycles. The second-order valence-corrected chi connectivity index (χ2v) is 5.82. The molecule has 0 spiro atoms. The summed E-state index contributed by atoms with van der Waals surface area (Å²) >= 11 is 0. The van der Waals surface area contributed by atoms with Gasteiger partial charge in [-0.1, -0.05) is 6.92 Å². The Morgan fingerprint density at radius 3 is 2.65 bits per heavy atom. The molecule has 134 valence electrons. The highest BCUT2D eigenvalue weighted by Crippen LogP contribution is 2.16. The van der Waals surface area contributed by atoms with Crippen LogP contribution in [-0.4, -0.2) is 30.8 Å². The Morgan fingerprint density at radius 1 is 1.19 bits per heavy atom. The van der Waals surface area contributed by atoms with Gasteiger partial charge in [0.1, 0.15) is 5.82 Å². The van der Waals surface area contributed by atoms with Crippen LogP contribution >= 0.6 is 0 Å². The van der Waals surface area contributed by atoms with E-state index in [0.29, 0.717) is 22.8 Å². The summed E-state index contributed by atoms with van der Waals surface area (Å²) < 4.78 is 20.1. The maximum atomic E-state index is 13.3. The quantitative estimate of drug-likeness (QED) is 0.675. The molecule has 0 bridgehead atoms. The zero-order valence-electron chi connectivity index (χ0n) is 14.5. The van der Waals surface area contributed by atoms with Crippen molar-refractivity contribution in [2.45, 2.75) is 32.9 Å². The van der Waals surface area contributed by atoms with E-state index >= 15 is 0 Å². The van der Waals surface area contributed by atoms with Crippen LogP contribution < -0.4 is 10.3 Å². The second-order valence-electron chi connectivity index (χ2n) is 5.82. The lowest BCUT2D eigenvalue weighted by atomic mass is 10.2. The molecule has 1 atom stereocenters. The predicted molar refractivity (Wildman–Crippen MR) is 93.2 cm³/mol. The minimum atomic E-state index is -0.461. The van der Waals surface area contributed by atoms with Crippen molar-refractivity contribution in [2.75, 3.05) is 0 Å². The van der Waals surface area contributed by atoms with Gasteiger partial charge in [0.05, 0.1) is 24.5 Å². The van der Waals surface area contributed by atoms with Crippen LogP contribution in [0.2, 0.25) is 0 Å². The van der Waals surface area contributed by atoms with E-state index in [-0.39, 0.29) is 18.2 Å². The summed E-state index contributed by atoms with van der Waals surface area (Å²) in [4.78, 5) is 24.2. The maximum absolute atomic E-state index is 13.3. The lowest BCUT2D eigenvalue weighted by Crippen LogP contribution is -2.23. The molecule has 0 saturated carbocycles. The van der Waals surface area contributed by atoms with Gasteiger partial charge in [0, 0.05) is 30.2 Å². The minimum Gasteiger partial charge on any atom is -0.460 e. The highest BCUT2D eigenvalue weighted by Gasteiger charge is 2.08. The number of pyridine rings is 1. The van der Waals surface area contributed by atoms with Gasteiger partial charge < -0.3 is 4.74 Å². The van der Waals surface area contributed by atoms with E-state index in [4.69, 9.17) is 4.74 Å². The molecule has 0 radical (unpaired) electrons. The molecule has 0 aliphatic rings. The molecule has 3 aromatic rings. The van der Waals surface area contributed by atoms with Gasteiger partial charge in [-0.2, -0.15) is 5.10 Å². The van der Waals surface area contributed by atoms with E-state index in [9.17, 15) is 9.18 Å². The monoisotopic (exact) mass is 355 g/mol. The molecule has 0 aliphatic heterocycles. The average Bonchev–Trinajstić information content (AvgIpc) is 2.64. The molecule has 3 aromatic heterocycles. The normalized spacial score (nSPS) is 12.0. The van der Waals surface area contributed by atoms with Crippen molar-refractivity contribution in [1.29, 1.82) is 0 Å². The number of hydrogen-bond donors (Lipinski definition) is 0.